The molecule has 0 aliphatic rings. The summed E-state index contributed by atoms with van der Waals surface area (Å²) in [5, 5.41) is 3.55. The van der Waals surface area contributed by atoms with Crippen LogP contribution >= 0.6 is 0 Å². The van der Waals surface area contributed by atoms with E-state index in [2.05, 4.69) is 121 Å². The molecule has 0 unspecified atom stereocenters. The van der Waals surface area contributed by atoms with E-state index in [9.17, 15) is 0 Å². The van der Waals surface area contributed by atoms with Gasteiger partial charge in [0.2, 0.25) is 0 Å². The number of nitrogens with one attached hydrogen (secondary N) is 1. The van der Waals surface area contributed by atoms with Crippen LogP contribution in [0, 0.1) is 13.8 Å². The van der Waals surface area contributed by atoms with Crippen LogP contribution in [0.15, 0.2) is 103 Å². The van der Waals surface area contributed by atoms with Crippen molar-refractivity contribution in [1.82, 2.24) is 0 Å². The average molecular weight is 379 g/mol. The maximum atomic E-state index is 3.55. The molecule has 0 aliphatic carbocycles. The van der Waals surface area contributed by atoms with Gasteiger partial charge in [-0.15, -0.1) is 0 Å². The van der Waals surface area contributed by atoms with E-state index in [1.807, 2.05) is 6.07 Å². The first-order valence-electron chi connectivity index (χ1n) is 10.0. The molecule has 4 aromatic rings. The third-order valence-electron chi connectivity index (χ3n) is 5.03. The minimum absolute atomic E-state index is 0.805. The summed E-state index contributed by atoms with van der Waals surface area (Å²) in [6.07, 6.45) is 0. The van der Waals surface area contributed by atoms with Gasteiger partial charge >= 0.3 is 0 Å². The zero-order valence-electron chi connectivity index (χ0n) is 17.0. The molecular weight excluding hydrogens is 352 g/mol. The van der Waals surface area contributed by atoms with Crippen LogP contribution in [0.2, 0.25) is 0 Å². The molecule has 4 aromatic carbocycles. The highest BCUT2D eigenvalue weighted by Crippen LogP contribution is 2.35. The second-order valence-corrected chi connectivity index (χ2v) is 7.40. The van der Waals surface area contributed by atoms with Crippen molar-refractivity contribution < 1.29 is 0 Å². The van der Waals surface area contributed by atoms with Crippen molar-refractivity contribution in [2.45, 2.75) is 20.4 Å². The first-order chi connectivity index (χ1) is 14.2. The topological polar surface area (TPSA) is 15.3 Å². The number of nitrogens with zero attached hydrogens (tertiary/aromatic N) is 1. The summed E-state index contributed by atoms with van der Waals surface area (Å²) >= 11 is 0. The van der Waals surface area contributed by atoms with E-state index in [4.69, 9.17) is 0 Å². The third-order valence-corrected chi connectivity index (χ3v) is 5.03. The summed E-state index contributed by atoms with van der Waals surface area (Å²) in [5.74, 6) is 0. The van der Waals surface area contributed by atoms with Gasteiger partial charge in [-0.25, -0.2) is 0 Å². The summed E-state index contributed by atoms with van der Waals surface area (Å²) in [6, 6.07) is 36.4. The smallest absolute Gasteiger partial charge is 0.0482 e. The fourth-order valence-corrected chi connectivity index (χ4v) is 3.39. The van der Waals surface area contributed by atoms with Gasteiger partial charge in [0.1, 0.15) is 0 Å². The highest BCUT2D eigenvalue weighted by atomic mass is 15.1. The predicted octanol–water partition coefficient (Wildman–Crippen LogP) is 7.39. The standard InChI is InChI=1S/C27H26N2/c1-21-11-15-25(16-12-21)29(26-17-13-22(2)14-18-26)27-10-6-9-24(19-27)28-20-23-7-4-3-5-8-23/h3-19,28H,20H2,1-2H3. The van der Waals surface area contributed by atoms with E-state index < -0.39 is 0 Å². The average Bonchev–Trinajstić information content (AvgIpc) is 2.76. The molecule has 0 fully saturated rings. The van der Waals surface area contributed by atoms with Gasteiger partial charge in [-0.2, -0.15) is 0 Å². The second-order valence-electron chi connectivity index (χ2n) is 7.40. The first kappa shape index (κ1) is 18.8. The Balaban J connectivity index is 1.67. The Bertz CT molecular complexity index is 1010. The van der Waals surface area contributed by atoms with E-state index >= 15 is 0 Å². The minimum Gasteiger partial charge on any atom is -0.381 e. The lowest BCUT2D eigenvalue weighted by Gasteiger charge is -2.26. The second kappa shape index (κ2) is 8.66. The largest absolute Gasteiger partial charge is 0.381 e. The van der Waals surface area contributed by atoms with Crippen LogP contribution in [0.25, 0.3) is 0 Å². The van der Waals surface area contributed by atoms with Crippen molar-refractivity contribution in [2.75, 3.05) is 10.2 Å². The fraction of sp³-hybridized carbons (Fsp3) is 0.111. The van der Waals surface area contributed by atoms with E-state index in [-0.39, 0.29) is 0 Å². The Morgan fingerprint density at radius 3 is 1.76 bits per heavy atom. The highest BCUT2D eigenvalue weighted by molar-refractivity contribution is 5.78. The lowest BCUT2D eigenvalue weighted by atomic mass is 10.1. The van der Waals surface area contributed by atoms with Crippen molar-refractivity contribution in [3.05, 3.63) is 120 Å². The van der Waals surface area contributed by atoms with Crippen LogP contribution < -0.4 is 10.2 Å². The van der Waals surface area contributed by atoms with Crippen LogP contribution in [0.3, 0.4) is 0 Å². The van der Waals surface area contributed by atoms with Crippen molar-refractivity contribution in [3.63, 3.8) is 0 Å². The molecule has 1 N–H and O–H groups in total. The maximum Gasteiger partial charge on any atom is 0.0482 e. The Hall–Kier alpha value is -3.52. The molecule has 0 saturated heterocycles. The molecular formula is C27H26N2. The van der Waals surface area contributed by atoms with Gasteiger partial charge in [0.05, 0.1) is 0 Å². The predicted molar refractivity (Wildman–Crippen MR) is 124 cm³/mol. The molecule has 0 radical (unpaired) electrons. The quantitative estimate of drug-likeness (QED) is 0.376. The summed E-state index contributed by atoms with van der Waals surface area (Å²) in [6.45, 7) is 5.04. The zero-order chi connectivity index (χ0) is 20.1. The molecule has 0 heterocycles. The van der Waals surface area contributed by atoms with E-state index in [0.717, 1.165) is 29.3 Å². The van der Waals surface area contributed by atoms with Gasteiger partial charge in [-0.3, -0.25) is 0 Å². The normalized spacial score (nSPS) is 10.6. The van der Waals surface area contributed by atoms with E-state index in [0.29, 0.717) is 0 Å². The number of hydrogen-bond donors (Lipinski definition) is 1. The van der Waals surface area contributed by atoms with E-state index in [1.165, 1.54) is 16.7 Å². The van der Waals surface area contributed by atoms with Crippen LogP contribution in [0.5, 0.6) is 0 Å². The number of aryl methyl sites for hydroxylation is 2. The number of anilines is 4. The Morgan fingerprint density at radius 2 is 1.17 bits per heavy atom. The minimum atomic E-state index is 0.805. The first-order valence-corrected chi connectivity index (χ1v) is 10.0. The molecule has 0 bridgehead atoms. The van der Waals surface area contributed by atoms with Crippen LogP contribution in [-0.4, -0.2) is 0 Å². The molecule has 0 amide bonds. The van der Waals surface area contributed by atoms with Crippen molar-refractivity contribution >= 4 is 22.7 Å². The van der Waals surface area contributed by atoms with Crippen molar-refractivity contribution in [2.24, 2.45) is 0 Å². The van der Waals surface area contributed by atoms with Crippen molar-refractivity contribution in [3.8, 4) is 0 Å². The van der Waals surface area contributed by atoms with Crippen molar-refractivity contribution in [1.29, 1.82) is 0 Å². The highest BCUT2D eigenvalue weighted by Gasteiger charge is 2.12. The molecule has 144 valence electrons. The maximum absolute atomic E-state index is 3.55. The van der Waals surface area contributed by atoms with Gasteiger partial charge < -0.3 is 10.2 Å². The molecule has 0 saturated carbocycles. The van der Waals surface area contributed by atoms with Crippen LogP contribution in [0.1, 0.15) is 16.7 Å². The van der Waals surface area contributed by atoms with E-state index in [1.54, 1.807) is 0 Å². The summed E-state index contributed by atoms with van der Waals surface area (Å²) in [5.41, 5.74) is 8.34. The Kier molecular flexibility index (Phi) is 5.62. The van der Waals surface area contributed by atoms with Crippen LogP contribution in [-0.2, 0) is 6.54 Å². The molecule has 0 aromatic heterocycles. The monoisotopic (exact) mass is 378 g/mol. The molecule has 0 aliphatic heterocycles. The van der Waals surface area contributed by atoms with Gasteiger partial charge in [-0.1, -0.05) is 71.8 Å². The molecule has 4 rings (SSSR count). The zero-order valence-corrected chi connectivity index (χ0v) is 17.0. The Labute approximate surface area is 173 Å². The number of hydrogen-bond acceptors (Lipinski definition) is 2. The fourth-order valence-electron chi connectivity index (χ4n) is 3.39. The lowest BCUT2D eigenvalue weighted by Crippen LogP contribution is -2.10. The van der Waals surface area contributed by atoms with Gasteiger partial charge in [0.25, 0.3) is 0 Å². The molecule has 0 spiro atoms. The lowest BCUT2D eigenvalue weighted by molar-refractivity contribution is 1.15. The summed E-state index contributed by atoms with van der Waals surface area (Å²) < 4.78 is 0. The molecule has 0 atom stereocenters. The van der Waals surface area contributed by atoms with Gasteiger partial charge in [0, 0.05) is 29.3 Å². The number of rotatable bonds is 6. The molecule has 2 nitrogen and oxygen atoms in total. The van der Waals surface area contributed by atoms with Gasteiger partial charge in [-0.05, 0) is 61.9 Å². The molecule has 2 heteroatoms. The summed E-state index contributed by atoms with van der Waals surface area (Å²) in [7, 11) is 0. The third kappa shape index (κ3) is 4.67. The molecule has 29 heavy (non-hydrogen) atoms. The Morgan fingerprint density at radius 1 is 0.586 bits per heavy atom. The summed E-state index contributed by atoms with van der Waals surface area (Å²) in [4.78, 5) is 2.30. The van der Waals surface area contributed by atoms with Crippen LogP contribution in [0.4, 0.5) is 22.7 Å². The SMILES string of the molecule is Cc1ccc(N(c2ccc(C)cc2)c2cccc(NCc3ccccc3)c2)cc1. The van der Waals surface area contributed by atoms with Gasteiger partial charge in [0.15, 0.2) is 0 Å². The number of benzene rings is 4.